The van der Waals surface area contributed by atoms with E-state index < -0.39 is 0 Å². The monoisotopic (exact) mass is 558 g/mol. The second-order valence-electron chi connectivity index (χ2n) is 13.5. The summed E-state index contributed by atoms with van der Waals surface area (Å²) in [6, 6.07) is 20.8. The van der Waals surface area contributed by atoms with Crippen LogP contribution in [0.1, 0.15) is 83.1 Å². The third kappa shape index (κ3) is 8.16. The predicted octanol–water partition coefficient (Wildman–Crippen LogP) is 10.0. The van der Waals surface area contributed by atoms with Crippen LogP contribution in [0.3, 0.4) is 0 Å². The van der Waals surface area contributed by atoms with Gasteiger partial charge in [-0.1, -0.05) is 138 Å². The molecule has 0 aliphatic carbocycles. The Bertz CT molecular complexity index is 1520. The lowest BCUT2D eigenvalue weighted by Gasteiger charge is -2.19. The molecule has 1 aromatic heterocycles. The fraction of sp³-hybridized carbons (Fsp3) is 0.350. The van der Waals surface area contributed by atoms with Crippen LogP contribution in [0.25, 0.3) is 33.7 Å². The van der Waals surface area contributed by atoms with E-state index in [9.17, 15) is 0 Å². The summed E-state index contributed by atoms with van der Waals surface area (Å²) in [6.45, 7) is 26.6. The van der Waals surface area contributed by atoms with Crippen molar-refractivity contribution in [2.75, 3.05) is 0 Å². The van der Waals surface area contributed by atoms with E-state index in [0.29, 0.717) is 0 Å². The maximum atomic E-state index is 5.43. The van der Waals surface area contributed by atoms with Gasteiger partial charge in [-0.25, -0.2) is 9.97 Å². The van der Waals surface area contributed by atoms with E-state index in [2.05, 4.69) is 156 Å². The molecule has 2 nitrogen and oxygen atoms in total. The molecule has 0 unspecified atom stereocenters. The molecular weight excluding hydrogens is 508 g/mol. The van der Waals surface area contributed by atoms with Crippen molar-refractivity contribution in [3.63, 3.8) is 0 Å². The van der Waals surface area contributed by atoms with Crippen LogP contribution in [0.5, 0.6) is 0 Å². The molecular formula is C40H50N2. The first kappa shape index (κ1) is 32.7. The molecule has 0 amide bonds. The van der Waals surface area contributed by atoms with Crippen molar-refractivity contribution in [2.24, 2.45) is 10.8 Å². The van der Waals surface area contributed by atoms with Gasteiger partial charge in [0.2, 0.25) is 0 Å². The first-order valence-electron chi connectivity index (χ1n) is 15.0. The second-order valence-corrected chi connectivity index (χ2v) is 13.5. The van der Waals surface area contributed by atoms with Crippen LogP contribution < -0.4 is 10.7 Å². The molecule has 42 heavy (non-hydrogen) atoms. The van der Waals surface area contributed by atoms with E-state index in [-0.39, 0.29) is 10.8 Å². The molecule has 2 heteroatoms. The summed E-state index contributed by atoms with van der Waals surface area (Å²) in [5, 5.41) is 1.84. The molecule has 1 heterocycles. The lowest BCUT2D eigenvalue weighted by molar-refractivity contribution is 0.504. The summed E-state index contributed by atoms with van der Waals surface area (Å²) in [5.74, 6) is 0. The number of benzene rings is 2. The SMILES string of the molecule is CC(/C(C)=C/C=C(\C)C(C)(C)C)=c1/nc(-c2ccccc2)c(-c2ccccc2)n/c1=C(C)\C(C)=C\C=C(/C)C(C)(C)C. The number of allylic oxidation sites excluding steroid dienone is 8. The van der Waals surface area contributed by atoms with Crippen molar-refractivity contribution >= 4 is 11.1 Å². The van der Waals surface area contributed by atoms with Crippen LogP contribution in [0, 0.1) is 10.8 Å². The van der Waals surface area contributed by atoms with E-state index in [4.69, 9.17) is 9.97 Å². The van der Waals surface area contributed by atoms with E-state index in [1.165, 1.54) is 22.3 Å². The molecule has 2 aromatic carbocycles. The minimum absolute atomic E-state index is 0.123. The van der Waals surface area contributed by atoms with Crippen LogP contribution in [-0.2, 0) is 0 Å². The number of aromatic nitrogens is 2. The number of nitrogens with zero attached hydrogens (tertiary/aromatic N) is 2. The molecule has 0 aliphatic heterocycles. The molecule has 3 rings (SSSR count). The van der Waals surface area contributed by atoms with E-state index in [0.717, 1.165) is 44.4 Å². The van der Waals surface area contributed by atoms with Crippen molar-refractivity contribution < 1.29 is 0 Å². The third-order valence-electron chi connectivity index (χ3n) is 8.42. The molecule has 0 radical (unpaired) electrons. The van der Waals surface area contributed by atoms with E-state index >= 15 is 0 Å². The first-order valence-corrected chi connectivity index (χ1v) is 15.0. The van der Waals surface area contributed by atoms with Gasteiger partial charge in [-0.2, -0.15) is 0 Å². The zero-order valence-electron chi connectivity index (χ0n) is 28.0. The van der Waals surface area contributed by atoms with Gasteiger partial charge in [0.25, 0.3) is 0 Å². The van der Waals surface area contributed by atoms with Crippen molar-refractivity contribution in [3.8, 4) is 22.5 Å². The Morgan fingerprint density at radius 3 is 1.07 bits per heavy atom. The van der Waals surface area contributed by atoms with Gasteiger partial charge in [0.1, 0.15) is 0 Å². The van der Waals surface area contributed by atoms with Crippen molar-refractivity contribution in [2.45, 2.75) is 83.1 Å². The van der Waals surface area contributed by atoms with Gasteiger partial charge in [0.05, 0.1) is 22.1 Å². The lowest BCUT2D eigenvalue weighted by atomic mass is 9.87. The molecule has 0 N–H and O–H groups in total. The highest BCUT2D eigenvalue weighted by atomic mass is 14.8. The highest BCUT2D eigenvalue weighted by molar-refractivity contribution is 5.79. The zero-order valence-corrected chi connectivity index (χ0v) is 28.0. The maximum absolute atomic E-state index is 5.43. The maximum Gasteiger partial charge on any atom is 0.0973 e. The molecule has 220 valence electrons. The summed E-state index contributed by atoms with van der Waals surface area (Å²) in [5.41, 5.74) is 11.4. The summed E-state index contributed by atoms with van der Waals surface area (Å²) >= 11 is 0. The first-order chi connectivity index (χ1) is 19.6. The summed E-state index contributed by atoms with van der Waals surface area (Å²) in [7, 11) is 0. The lowest BCUT2D eigenvalue weighted by Crippen LogP contribution is -2.36. The third-order valence-corrected chi connectivity index (χ3v) is 8.42. The van der Waals surface area contributed by atoms with Gasteiger partial charge in [0.15, 0.2) is 0 Å². The van der Waals surface area contributed by atoms with Crippen LogP contribution in [0.15, 0.2) is 107 Å². The zero-order chi connectivity index (χ0) is 31.2. The number of hydrogen-bond acceptors (Lipinski definition) is 2. The summed E-state index contributed by atoms with van der Waals surface area (Å²) in [4.78, 5) is 10.9. The minimum atomic E-state index is 0.123. The Labute approximate surface area is 255 Å². The Morgan fingerprint density at radius 1 is 0.476 bits per heavy atom. The minimum Gasteiger partial charge on any atom is -0.244 e. The Kier molecular flexibility index (Phi) is 10.5. The number of rotatable bonds is 6. The van der Waals surface area contributed by atoms with E-state index in [1.807, 2.05) is 12.1 Å². The molecule has 0 spiro atoms. The highest BCUT2D eigenvalue weighted by Gasteiger charge is 2.16. The van der Waals surface area contributed by atoms with Crippen molar-refractivity contribution in [1.29, 1.82) is 0 Å². The Balaban J connectivity index is 2.49. The number of hydrogen-bond donors (Lipinski definition) is 0. The van der Waals surface area contributed by atoms with Gasteiger partial charge in [-0.3, -0.25) is 0 Å². The van der Waals surface area contributed by atoms with Gasteiger partial charge >= 0.3 is 0 Å². The van der Waals surface area contributed by atoms with Gasteiger partial charge < -0.3 is 0 Å². The predicted molar refractivity (Wildman–Crippen MR) is 184 cm³/mol. The van der Waals surface area contributed by atoms with Crippen LogP contribution in [0.2, 0.25) is 0 Å². The highest BCUT2D eigenvalue weighted by Crippen LogP contribution is 2.28. The quantitative estimate of drug-likeness (QED) is 0.281. The van der Waals surface area contributed by atoms with Crippen molar-refractivity contribution in [3.05, 3.63) is 118 Å². The molecule has 0 bridgehead atoms. The van der Waals surface area contributed by atoms with Crippen LogP contribution >= 0.6 is 0 Å². The second kappa shape index (κ2) is 13.5. The standard InChI is InChI=1S/C40H50N2/c1-27(23-25-29(3)39(7,8)9)31(5)35-36(32(6)28(2)24-26-30(4)40(10,11)12)42-38(34-21-17-14-18-22-34)37(41-35)33-19-15-13-16-20-33/h13-26H,1-12H3/b27-23+,28-24+,29-25+,30-26+,35-31-,36-32-. The topological polar surface area (TPSA) is 25.8 Å². The molecule has 0 aliphatic rings. The molecule has 3 aromatic rings. The fourth-order valence-corrected chi connectivity index (χ4v) is 4.18. The van der Waals surface area contributed by atoms with Gasteiger partial charge in [-0.15, -0.1) is 0 Å². The normalized spacial score (nSPS) is 15.5. The summed E-state index contributed by atoms with van der Waals surface area (Å²) < 4.78 is 0. The van der Waals surface area contributed by atoms with Crippen molar-refractivity contribution in [1.82, 2.24) is 9.97 Å². The van der Waals surface area contributed by atoms with Crippen LogP contribution in [0.4, 0.5) is 0 Å². The van der Waals surface area contributed by atoms with Gasteiger partial charge in [-0.05, 0) is 74.7 Å². The average molecular weight is 559 g/mol. The molecule has 0 saturated carbocycles. The molecule has 0 saturated heterocycles. The fourth-order valence-electron chi connectivity index (χ4n) is 4.18. The molecule has 0 fully saturated rings. The average Bonchev–Trinajstić information content (AvgIpc) is 2.96. The van der Waals surface area contributed by atoms with Gasteiger partial charge in [0, 0.05) is 11.1 Å². The van der Waals surface area contributed by atoms with Crippen LogP contribution in [-0.4, -0.2) is 9.97 Å². The Morgan fingerprint density at radius 2 is 0.786 bits per heavy atom. The smallest absolute Gasteiger partial charge is 0.0973 e. The largest absolute Gasteiger partial charge is 0.244 e. The molecule has 0 atom stereocenters. The summed E-state index contributed by atoms with van der Waals surface area (Å²) in [6.07, 6.45) is 8.93. The Hall–Kier alpha value is -3.78. The van der Waals surface area contributed by atoms with E-state index in [1.54, 1.807) is 0 Å².